The minimum Gasteiger partial charge on any atom is -0.351 e. The largest absolute Gasteiger partial charge is 0.351 e. The lowest BCUT2D eigenvalue weighted by atomic mass is 10.1. The highest BCUT2D eigenvalue weighted by Crippen LogP contribution is 2.17. The molecule has 0 radical (unpaired) electrons. The van der Waals surface area contributed by atoms with E-state index in [1.54, 1.807) is 4.68 Å². The van der Waals surface area contributed by atoms with Crippen LogP contribution in [0.4, 0.5) is 0 Å². The van der Waals surface area contributed by atoms with E-state index in [-0.39, 0.29) is 11.4 Å². The Morgan fingerprint density at radius 2 is 1.70 bits per heavy atom. The van der Waals surface area contributed by atoms with E-state index < -0.39 is 0 Å². The number of aryl methyl sites for hydroxylation is 3. The molecule has 1 N–H and O–H groups in total. The maximum absolute atomic E-state index is 12.2. The first-order valence-electron chi connectivity index (χ1n) is 7.75. The van der Waals surface area contributed by atoms with Gasteiger partial charge in [-0.05, 0) is 54.5 Å². The van der Waals surface area contributed by atoms with Crippen LogP contribution in [-0.4, -0.2) is 31.2 Å². The second-order valence-corrected chi connectivity index (χ2v) is 6.99. The first kappa shape index (κ1) is 17.1. The summed E-state index contributed by atoms with van der Waals surface area (Å²) in [7, 11) is 0. The van der Waals surface area contributed by atoms with E-state index in [2.05, 4.69) is 20.4 Å². The van der Waals surface area contributed by atoms with E-state index in [1.165, 1.54) is 0 Å². The average molecular weight is 315 g/mol. The molecule has 0 fully saturated rings. The standard InChI is InChI=1S/C17H25N5O/c1-10-8-11(2)19-16(18-10)22-13(4)14(12(3)21-22)9-15(23)20-17(5,6)7/h8H,9H2,1-7H3,(H,20,23). The molecule has 6 heteroatoms. The molecule has 0 spiro atoms. The van der Waals surface area contributed by atoms with Gasteiger partial charge in [-0.1, -0.05) is 0 Å². The third kappa shape index (κ3) is 4.15. The Kier molecular flexibility index (Phi) is 4.54. The molecule has 2 aromatic rings. The van der Waals surface area contributed by atoms with Gasteiger partial charge < -0.3 is 5.32 Å². The van der Waals surface area contributed by atoms with E-state index in [1.807, 2.05) is 54.5 Å². The first-order chi connectivity index (χ1) is 10.6. The van der Waals surface area contributed by atoms with E-state index in [4.69, 9.17) is 0 Å². The Balaban J connectivity index is 2.34. The molecular formula is C17H25N5O. The van der Waals surface area contributed by atoms with Crippen LogP contribution in [0.3, 0.4) is 0 Å². The Morgan fingerprint density at radius 1 is 1.13 bits per heavy atom. The minimum atomic E-state index is -0.244. The second-order valence-electron chi connectivity index (χ2n) is 6.99. The van der Waals surface area contributed by atoms with Gasteiger partial charge in [0.25, 0.3) is 5.95 Å². The smallest absolute Gasteiger partial charge is 0.251 e. The number of hydrogen-bond acceptors (Lipinski definition) is 4. The molecule has 0 aliphatic carbocycles. The van der Waals surface area contributed by atoms with Crippen LogP contribution in [0, 0.1) is 27.7 Å². The molecule has 0 saturated heterocycles. The maximum atomic E-state index is 12.2. The van der Waals surface area contributed by atoms with Crippen LogP contribution in [0.1, 0.15) is 49.1 Å². The highest BCUT2D eigenvalue weighted by Gasteiger charge is 2.20. The second kappa shape index (κ2) is 6.10. The first-order valence-corrected chi connectivity index (χ1v) is 7.75. The van der Waals surface area contributed by atoms with Crippen molar-refractivity contribution in [2.75, 3.05) is 0 Å². The van der Waals surface area contributed by atoms with Crippen LogP contribution in [0.25, 0.3) is 5.95 Å². The molecule has 2 aromatic heterocycles. The van der Waals surface area contributed by atoms with E-state index in [0.717, 1.165) is 28.3 Å². The molecular weight excluding hydrogens is 290 g/mol. The number of nitrogens with one attached hydrogen (secondary N) is 1. The van der Waals surface area contributed by atoms with Crippen molar-refractivity contribution in [1.29, 1.82) is 0 Å². The fourth-order valence-electron chi connectivity index (χ4n) is 2.55. The van der Waals surface area contributed by atoms with Crippen LogP contribution in [0.15, 0.2) is 6.07 Å². The molecule has 1 amide bonds. The van der Waals surface area contributed by atoms with Gasteiger partial charge >= 0.3 is 0 Å². The fourth-order valence-corrected chi connectivity index (χ4v) is 2.55. The van der Waals surface area contributed by atoms with Crippen molar-refractivity contribution < 1.29 is 4.79 Å². The summed E-state index contributed by atoms with van der Waals surface area (Å²) in [5.74, 6) is 0.537. The van der Waals surface area contributed by atoms with E-state index in [9.17, 15) is 4.79 Å². The zero-order valence-electron chi connectivity index (χ0n) is 15.0. The Morgan fingerprint density at radius 3 is 2.22 bits per heavy atom. The van der Waals surface area contributed by atoms with Crippen molar-refractivity contribution in [2.45, 2.75) is 60.4 Å². The van der Waals surface area contributed by atoms with Crippen molar-refractivity contribution in [3.05, 3.63) is 34.4 Å². The van der Waals surface area contributed by atoms with Gasteiger partial charge in [-0.2, -0.15) is 5.10 Å². The van der Waals surface area contributed by atoms with Crippen molar-refractivity contribution >= 4 is 5.91 Å². The highest BCUT2D eigenvalue weighted by atomic mass is 16.1. The van der Waals surface area contributed by atoms with Crippen molar-refractivity contribution in [3.8, 4) is 5.95 Å². The van der Waals surface area contributed by atoms with E-state index in [0.29, 0.717) is 12.4 Å². The van der Waals surface area contributed by atoms with Crippen LogP contribution >= 0.6 is 0 Å². The Bertz CT molecular complexity index is 720. The number of aromatic nitrogens is 4. The molecule has 2 rings (SSSR count). The van der Waals surface area contributed by atoms with Gasteiger partial charge in [0, 0.05) is 28.2 Å². The molecule has 0 unspecified atom stereocenters. The van der Waals surface area contributed by atoms with Gasteiger partial charge in [0.1, 0.15) is 0 Å². The van der Waals surface area contributed by atoms with Gasteiger partial charge in [-0.15, -0.1) is 0 Å². The number of rotatable bonds is 3. The number of carbonyl (C=O) groups is 1. The summed E-state index contributed by atoms with van der Waals surface area (Å²) in [4.78, 5) is 21.1. The number of amides is 1. The zero-order chi connectivity index (χ0) is 17.4. The average Bonchev–Trinajstić information content (AvgIpc) is 2.63. The SMILES string of the molecule is Cc1cc(C)nc(-n2nc(C)c(CC(=O)NC(C)(C)C)c2C)n1. The highest BCUT2D eigenvalue weighted by molar-refractivity contribution is 5.79. The lowest BCUT2D eigenvalue weighted by Gasteiger charge is -2.20. The van der Waals surface area contributed by atoms with Gasteiger partial charge in [-0.3, -0.25) is 4.79 Å². The number of nitrogens with zero attached hydrogens (tertiary/aromatic N) is 4. The molecule has 6 nitrogen and oxygen atoms in total. The molecule has 23 heavy (non-hydrogen) atoms. The third-order valence-corrected chi connectivity index (χ3v) is 3.45. The fraction of sp³-hybridized carbons (Fsp3) is 0.529. The minimum absolute atomic E-state index is 0.00964. The molecule has 0 atom stereocenters. The van der Waals surface area contributed by atoms with Gasteiger partial charge in [0.2, 0.25) is 5.91 Å². The molecule has 0 bridgehead atoms. The summed E-state index contributed by atoms with van der Waals surface area (Å²) in [5.41, 5.74) is 4.20. The predicted octanol–water partition coefficient (Wildman–Crippen LogP) is 2.35. The van der Waals surface area contributed by atoms with Gasteiger partial charge in [-0.25, -0.2) is 14.6 Å². The summed E-state index contributed by atoms with van der Waals surface area (Å²) in [6, 6.07) is 1.92. The van der Waals surface area contributed by atoms with Crippen molar-refractivity contribution in [3.63, 3.8) is 0 Å². The lowest BCUT2D eigenvalue weighted by Crippen LogP contribution is -2.41. The molecule has 124 valence electrons. The summed E-state index contributed by atoms with van der Waals surface area (Å²) in [5, 5.41) is 7.51. The van der Waals surface area contributed by atoms with Crippen molar-refractivity contribution in [2.24, 2.45) is 0 Å². The quantitative estimate of drug-likeness (QED) is 0.943. The third-order valence-electron chi connectivity index (χ3n) is 3.45. The summed E-state index contributed by atoms with van der Waals surface area (Å²) in [6.45, 7) is 13.6. The molecule has 0 saturated carbocycles. The van der Waals surface area contributed by atoms with Crippen molar-refractivity contribution in [1.82, 2.24) is 25.1 Å². The van der Waals surface area contributed by atoms with Crippen LogP contribution < -0.4 is 5.32 Å². The number of carbonyl (C=O) groups excluding carboxylic acids is 1. The summed E-state index contributed by atoms with van der Waals surface area (Å²) < 4.78 is 1.72. The van der Waals surface area contributed by atoms with E-state index >= 15 is 0 Å². The normalized spacial score (nSPS) is 11.6. The predicted molar refractivity (Wildman–Crippen MR) is 89.7 cm³/mol. The summed E-state index contributed by atoms with van der Waals surface area (Å²) >= 11 is 0. The van der Waals surface area contributed by atoms with Gasteiger partial charge in [0.15, 0.2) is 0 Å². The molecule has 0 aliphatic rings. The number of hydrogen-bond donors (Lipinski definition) is 1. The molecule has 0 aromatic carbocycles. The Labute approximate surface area is 137 Å². The maximum Gasteiger partial charge on any atom is 0.251 e. The van der Waals surface area contributed by atoms with Crippen LogP contribution in [-0.2, 0) is 11.2 Å². The summed E-state index contributed by atoms with van der Waals surface area (Å²) in [6.07, 6.45) is 0.305. The topological polar surface area (TPSA) is 72.7 Å². The molecule has 0 aliphatic heterocycles. The lowest BCUT2D eigenvalue weighted by molar-refractivity contribution is -0.121. The van der Waals surface area contributed by atoms with Crippen LogP contribution in [0.5, 0.6) is 0 Å². The van der Waals surface area contributed by atoms with Crippen LogP contribution in [0.2, 0.25) is 0 Å². The zero-order valence-corrected chi connectivity index (χ0v) is 15.0. The Hall–Kier alpha value is -2.24. The monoisotopic (exact) mass is 315 g/mol. The molecule has 2 heterocycles. The van der Waals surface area contributed by atoms with Gasteiger partial charge in [0.05, 0.1) is 12.1 Å².